The number of hydrogen-bond acceptors (Lipinski definition) is 5. The summed E-state index contributed by atoms with van der Waals surface area (Å²) < 4.78 is 7.27. The van der Waals surface area contributed by atoms with Crippen molar-refractivity contribution in [2.24, 2.45) is 0 Å². The lowest BCUT2D eigenvalue weighted by atomic mass is 10.1. The Hall–Kier alpha value is -3.64. The van der Waals surface area contributed by atoms with E-state index in [2.05, 4.69) is 10.1 Å². The first-order valence-electron chi connectivity index (χ1n) is 9.84. The van der Waals surface area contributed by atoms with Gasteiger partial charge in [0.1, 0.15) is 0 Å². The molecule has 0 radical (unpaired) electrons. The molecule has 5 aromatic rings. The Balaban J connectivity index is 1.68. The van der Waals surface area contributed by atoms with E-state index >= 15 is 0 Å². The summed E-state index contributed by atoms with van der Waals surface area (Å²) in [5.41, 5.74) is 3.43. The van der Waals surface area contributed by atoms with Crippen LogP contribution in [-0.4, -0.2) is 21.0 Å². The number of hydrogen-bond donors (Lipinski definition) is 0. The number of fused-ring (bicyclic) bond motifs is 1. The second kappa shape index (κ2) is 7.89. The van der Waals surface area contributed by atoms with Crippen LogP contribution in [0.3, 0.4) is 0 Å². The molecule has 0 saturated heterocycles. The van der Waals surface area contributed by atoms with Crippen LogP contribution in [0.25, 0.3) is 39.3 Å². The van der Waals surface area contributed by atoms with E-state index < -0.39 is 0 Å². The molecule has 0 aliphatic carbocycles. The highest BCUT2D eigenvalue weighted by atomic mass is 32.2. The molecule has 0 bridgehead atoms. The Kier molecular flexibility index (Phi) is 4.92. The maximum atomic E-state index is 13.2. The molecule has 5 rings (SSSR count). The lowest BCUT2D eigenvalue weighted by Crippen LogP contribution is -2.18. The number of aryl methyl sites for hydroxylation is 1. The third-order valence-electron chi connectivity index (χ3n) is 5.24. The highest BCUT2D eigenvalue weighted by Crippen LogP contribution is 2.29. The lowest BCUT2D eigenvalue weighted by Gasteiger charge is -2.10. The van der Waals surface area contributed by atoms with E-state index in [1.165, 1.54) is 4.90 Å². The molecule has 0 aliphatic heterocycles. The van der Waals surface area contributed by atoms with Gasteiger partial charge in [-0.3, -0.25) is 9.36 Å². The van der Waals surface area contributed by atoms with Crippen molar-refractivity contribution in [3.8, 4) is 28.5 Å². The van der Waals surface area contributed by atoms with Crippen molar-refractivity contribution >= 4 is 22.5 Å². The van der Waals surface area contributed by atoms with Crippen molar-refractivity contribution in [2.45, 2.75) is 11.8 Å². The second-order valence-corrected chi connectivity index (χ2v) is 8.13. The standard InChI is InChI=1S/C25H19N3O2S/c1-16-7-11-18(12-8-16)28-15-22(20-5-3-4-6-21(20)25(28)29)24-26-23(27-30-24)17-9-13-19(31-2)14-10-17/h3-15H,1-2H3. The van der Waals surface area contributed by atoms with Crippen LogP contribution in [0.1, 0.15) is 5.56 Å². The average molecular weight is 426 g/mol. The van der Waals surface area contributed by atoms with Gasteiger partial charge in [-0.05, 0) is 55.6 Å². The normalized spacial score (nSPS) is 11.2. The predicted octanol–water partition coefficient (Wildman–Crippen LogP) is 5.74. The predicted molar refractivity (Wildman–Crippen MR) is 125 cm³/mol. The fourth-order valence-electron chi connectivity index (χ4n) is 3.55. The molecule has 5 nitrogen and oxygen atoms in total. The number of aromatic nitrogens is 3. The van der Waals surface area contributed by atoms with Gasteiger partial charge in [0.05, 0.1) is 5.56 Å². The summed E-state index contributed by atoms with van der Waals surface area (Å²) in [6.07, 6.45) is 3.82. The average Bonchev–Trinajstić information content (AvgIpc) is 3.30. The minimum Gasteiger partial charge on any atom is -0.334 e. The summed E-state index contributed by atoms with van der Waals surface area (Å²) in [4.78, 5) is 19.0. The molecule has 0 N–H and O–H groups in total. The maximum absolute atomic E-state index is 13.2. The fourth-order valence-corrected chi connectivity index (χ4v) is 3.96. The minimum atomic E-state index is -0.0874. The van der Waals surface area contributed by atoms with Crippen molar-refractivity contribution < 1.29 is 4.52 Å². The molecule has 0 fully saturated rings. The zero-order valence-electron chi connectivity index (χ0n) is 17.1. The van der Waals surface area contributed by atoms with Gasteiger partial charge in [-0.15, -0.1) is 11.8 Å². The summed E-state index contributed by atoms with van der Waals surface area (Å²) in [7, 11) is 0. The van der Waals surface area contributed by atoms with Gasteiger partial charge in [-0.25, -0.2) is 0 Å². The number of pyridine rings is 1. The molecule has 2 aromatic heterocycles. The summed E-state index contributed by atoms with van der Waals surface area (Å²) >= 11 is 1.68. The molecule has 0 aliphatic rings. The molecule has 3 aromatic carbocycles. The summed E-state index contributed by atoms with van der Waals surface area (Å²) in [5.74, 6) is 0.890. The first-order valence-corrected chi connectivity index (χ1v) is 11.1. The summed E-state index contributed by atoms with van der Waals surface area (Å²) in [5, 5.41) is 5.56. The van der Waals surface area contributed by atoms with E-state index in [9.17, 15) is 4.79 Å². The van der Waals surface area contributed by atoms with Crippen molar-refractivity contribution in [1.29, 1.82) is 0 Å². The molecule has 2 heterocycles. The van der Waals surface area contributed by atoms with Gasteiger partial charge in [0.15, 0.2) is 0 Å². The number of nitrogens with zero attached hydrogens (tertiary/aromatic N) is 3. The van der Waals surface area contributed by atoms with Crippen molar-refractivity contribution in [3.63, 3.8) is 0 Å². The van der Waals surface area contributed by atoms with Crippen LogP contribution in [0.5, 0.6) is 0 Å². The van der Waals surface area contributed by atoms with Crippen LogP contribution < -0.4 is 5.56 Å². The second-order valence-electron chi connectivity index (χ2n) is 7.25. The monoisotopic (exact) mass is 425 g/mol. The topological polar surface area (TPSA) is 60.9 Å². The van der Waals surface area contributed by atoms with Crippen molar-refractivity contribution in [2.75, 3.05) is 6.26 Å². The van der Waals surface area contributed by atoms with E-state index in [0.29, 0.717) is 17.1 Å². The smallest absolute Gasteiger partial charge is 0.262 e. The largest absolute Gasteiger partial charge is 0.334 e. The Labute approximate surface area is 183 Å². The molecule has 0 unspecified atom stereocenters. The van der Waals surface area contributed by atoms with Crippen LogP contribution in [0.15, 0.2) is 93.2 Å². The quantitative estimate of drug-likeness (QED) is 0.344. The highest BCUT2D eigenvalue weighted by Gasteiger charge is 2.17. The molecule has 0 spiro atoms. The maximum Gasteiger partial charge on any atom is 0.262 e. The van der Waals surface area contributed by atoms with Gasteiger partial charge >= 0.3 is 0 Å². The summed E-state index contributed by atoms with van der Waals surface area (Å²) in [6.45, 7) is 2.02. The molecule has 0 saturated carbocycles. The van der Waals surface area contributed by atoms with E-state index in [4.69, 9.17) is 4.52 Å². The summed E-state index contributed by atoms with van der Waals surface area (Å²) in [6, 6.07) is 23.3. The third kappa shape index (κ3) is 3.55. The zero-order chi connectivity index (χ0) is 21.4. The van der Waals surface area contributed by atoms with Crippen LogP contribution >= 0.6 is 11.8 Å². The van der Waals surface area contributed by atoms with Crippen LogP contribution in [0, 0.1) is 6.92 Å². The highest BCUT2D eigenvalue weighted by molar-refractivity contribution is 7.98. The Morgan fingerprint density at radius 1 is 0.903 bits per heavy atom. The molecular formula is C25H19N3O2S. The molecule has 152 valence electrons. The van der Waals surface area contributed by atoms with Crippen LogP contribution in [0.4, 0.5) is 0 Å². The van der Waals surface area contributed by atoms with E-state index in [1.54, 1.807) is 22.5 Å². The van der Waals surface area contributed by atoms with Crippen molar-refractivity contribution in [3.05, 3.63) is 94.9 Å². The lowest BCUT2D eigenvalue weighted by molar-refractivity contribution is 0.432. The van der Waals surface area contributed by atoms with Gasteiger partial charge in [-0.1, -0.05) is 41.1 Å². The first kappa shape index (κ1) is 19.3. The van der Waals surface area contributed by atoms with E-state index in [1.807, 2.05) is 86.0 Å². The van der Waals surface area contributed by atoms with E-state index in [0.717, 1.165) is 27.8 Å². The first-order chi connectivity index (χ1) is 15.1. The van der Waals surface area contributed by atoms with E-state index in [-0.39, 0.29) is 5.56 Å². The van der Waals surface area contributed by atoms with Gasteiger partial charge < -0.3 is 4.52 Å². The SMILES string of the molecule is CSc1ccc(-c2noc(-c3cn(-c4ccc(C)cc4)c(=O)c4ccccc34)n2)cc1. The van der Waals surface area contributed by atoms with Crippen molar-refractivity contribution in [1.82, 2.24) is 14.7 Å². The molecule has 6 heteroatoms. The van der Waals surface area contributed by atoms with Crippen LogP contribution in [0.2, 0.25) is 0 Å². The molecular weight excluding hydrogens is 406 g/mol. The van der Waals surface area contributed by atoms with Crippen LogP contribution in [-0.2, 0) is 0 Å². The van der Waals surface area contributed by atoms with Gasteiger partial charge in [-0.2, -0.15) is 4.98 Å². The Morgan fingerprint density at radius 3 is 2.32 bits per heavy atom. The fraction of sp³-hybridized carbons (Fsp3) is 0.0800. The zero-order valence-corrected chi connectivity index (χ0v) is 17.9. The third-order valence-corrected chi connectivity index (χ3v) is 5.99. The van der Waals surface area contributed by atoms with Gasteiger partial charge in [0.25, 0.3) is 11.4 Å². The molecule has 0 amide bonds. The number of benzene rings is 3. The molecule has 31 heavy (non-hydrogen) atoms. The van der Waals surface area contributed by atoms with Gasteiger partial charge in [0.2, 0.25) is 5.82 Å². The Bertz CT molecular complexity index is 1430. The van der Waals surface area contributed by atoms with Gasteiger partial charge in [0, 0.05) is 33.1 Å². The molecule has 0 atom stereocenters. The number of thioether (sulfide) groups is 1. The minimum absolute atomic E-state index is 0.0874. The Morgan fingerprint density at radius 2 is 1.61 bits per heavy atom. The number of rotatable bonds is 4.